The lowest BCUT2D eigenvalue weighted by atomic mass is 9.92. The van der Waals surface area contributed by atoms with E-state index in [1.54, 1.807) is 4.90 Å². The Hall–Kier alpha value is -3.32. The molecule has 7 nitrogen and oxygen atoms in total. The fourth-order valence-corrected chi connectivity index (χ4v) is 4.88. The van der Waals surface area contributed by atoms with Crippen molar-refractivity contribution in [3.8, 4) is 22.6 Å². The van der Waals surface area contributed by atoms with Gasteiger partial charge in [0, 0.05) is 28.9 Å². The molecular weight excluding hydrogens is 416 g/mol. The summed E-state index contributed by atoms with van der Waals surface area (Å²) in [6.07, 6.45) is 7.51. The minimum atomic E-state index is -0.347. The average molecular weight is 447 g/mol. The number of nitrogens with zero attached hydrogens (tertiary/aromatic N) is 3. The molecule has 2 aromatic carbocycles. The number of ether oxygens (including phenoxy) is 2. The second kappa shape index (κ2) is 9.27. The first-order valence-electron chi connectivity index (χ1n) is 11.7. The van der Waals surface area contributed by atoms with Crippen LogP contribution in [-0.2, 0) is 11.2 Å². The molecule has 0 aliphatic carbocycles. The lowest BCUT2D eigenvalue weighted by Crippen LogP contribution is -2.42. The van der Waals surface area contributed by atoms with Crippen molar-refractivity contribution in [3.05, 3.63) is 60.4 Å². The number of piperidine rings is 1. The van der Waals surface area contributed by atoms with Crippen LogP contribution in [-0.4, -0.2) is 42.1 Å². The summed E-state index contributed by atoms with van der Waals surface area (Å²) in [7, 11) is 1.42. The zero-order valence-electron chi connectivity index (χ0n) is 19.2. The molecule has 5 rings (SSSR count). The number of aromatic nitrogens is 2. The molecule has 2 aliphatic rings. The number of nitrogens with one attached hydrogen (secondary N) is 1. The van der Waals surface area contributed by atoms with Crippen molar-refractivity contribution in [1.82, 2.24) is 15.1 Å². The molecule has 0 bridgehead atoms. The summed E-state index contributed by atoms with van der Waals surface area (Å²) in [4.78, 5) is 14.3. The summed E-state index contributed by atoms with van der Waals surface area (Å²) in [5.41, 5.74) is 3.87. The third kappa shape index (κ3) is 4.20. The number of amides is 1. The Morgan fingerprint density at radius 2 is 1.88 bits per heavy atom. The smallest absolute Gasteiger partial charge is 0.414 e. The summed E-state index contributed by atoms with van der Waals surface area (Å²) >= 11 is 0. The average Bonchev–Trinajstić information content (AvgIpc) is 3.35. The third-order valence-electron chi connectivity index (χ3n) is 6.68. The maximum atomic E-state index is 12.6. The fraction of sp³-hybridized carbons (Fsp3) is 0.385. The summed E-state index contributed by atoms with van der Waals surface area (Å²) in [5.74, 6) is 1.55. The SMILES string of the molecule is COC(=O)N1c2ccc(-c3cnn(C4CCNCC4)c3)c(Oc3ccccc3)c2CC[C@@H]1C. The van der Waals surface area contributed by atoms with Crippen molar-refractivity contribution in [2.75, 3.05) is 25.1 Å². The van der Waals surface area contributed by atoms with E-state index in [-0.39, 0.29) is 12.1 Å². The number of benzene rings is 2. The Balaban J connectivity index is 1.59. The molecule has 3 aromatic rings. The van der Waals surface area contributed by atoms with Gasteiger partial charge < -0.3 is 14.8 Å². The maximum Gasteiger partial charge on any atom is 0.414 e. The van der Waals surface area contributed by atoms with Crippen molar-refractivity contribution in [3.63, 3.8) is 0 Å². The van der Waals surface area contributed by atoms with E-state index in [2.05, 4.69) is 23.1 Å². The molecule has 1 atom stereocenters. The molecule has 2 aliphatic heterocycles. The molecule has 1 amide bonds. The quantitative estimate of drug-likeness (QED) is 0.598. The van der Waals surface area contributed by atoms with Crippen LogP contribution in [0.15, 0.2) is 54.9 Å². The zero-order chi connectivity index (χ0) is 22.8. The molecule has 7 heteroatoms. The van der Waals surface area contributed by atoms with E-state index in [1.807, 2.05) is 48.7 Å². The third-order valence-corrected chi connectivity index (χ3v) is 6.68. The van der Waals surface area contributed by atoms with Crippen molar-refractivity contribution in [2.45, 2.75) is 44.7 Å². The summed E-state index contributed by atoms with van der Waals surface area (Å²) < 4.78 is 13.7. The van der Waals surface area contributed by atoms with Crippen LogP contribution in [0.3, 0.4) is 0 Å². The summed E-state index contributed by atoms with van der Waals surface area (Å²) in [6.45, 7) is 4.08. The first-order valence-corrected chi connectivity index (χ1v) is 11.7. The van der Waals surface area contributed by atoms with Gasteiger partial charge in [-0.15, -0.1) is 0 Å². The van der Waals surface area contributed by atoms with Gasteiger partial charge in [0.15, 0.2) is 0 Å². The number of fused-ring (bicyclic) bond motifs is 1. The molecule has 0 saturated carbocycles. The standard InChI is InChI=1S/C26H30N4O3/c1-18-8-9-23-24(30(18)26(31)32-2)11-10-22(25(23)33-21-6-4-3-5-7-21)19-16-28-29(17-19)20-12-14-27-15-13-20/h3-7,10-11,16-18,20,27H,8-9,12-15H2,1-2H3/t18-/m0/s1. The van der Waals surface area contributed by atoms with Gasteiger partial charge in [0.05, 0.1) is 25.0 Å². The van der Waals surface area contributed by atoms with Gasteiger partial charge in [0.25, 0.3) is 0 Å². The number of hydrogen-bond acceptors (Lipinski definition) is 5. The molecule has 0 radical (unpaired) electrons. The van der Waals surface area contributed by atoms with Crippen molar-refractivity contribution in [1.29, 1.82) is 0 Å². The van der Waals surface area contributed by atoms with Crippen LogP contribution in [0.5, 0.6) is 11.5 Å². The minimum absolute atomic E-state index is 0.0584. The lowest BCUT2D eigenvalue weighted by Gasteiger charge is -2.35. The largest absolute Gasteiger partial charge is 0.456 e. The topological polar surface area (TPSA) is 68.6 Å². The van der Waals surface area contributed by atoms with E-state index < -0.39 is 0 Å². The Morgan fingerprint density at radius 3 is 2.64 bits per heavy atom. The van der Waals surface area contributed by atoms with E-state index in [1.165, 1.54) is 7.11 Å². The number of methoxy groups -OCH3 is 1. The second-order valence-electron chi connectivity index (χ2n) is 8.77. The Morgan fingerprint density at radius 1 is 1.09 bits per heavy atom. The molecule has 1 fully saturated rings. The molecule has 33 heavy (non-hydrogen) atoms. The van der Waals surface area contributed by atoms with Crippen LogP contribution in [0.25, 0.3) is 11.1 Å². The first-order chi connectivity index (χ1) is 16.2. The van der Waals surface area contributed by atoms with E-state index in [9.17, 15) is 4.79 Å². The summed E-state index contributed by atoms with van der Waals surface area (Å²) in [5, 5.41) is 8.11. The van der Waals surface area contributed by atoms with Gasteiger partial charge in [-0.2, -0.15) is 5.10 Å². The van der Waals surface area contributed by atoms with Crippen molar-refractivity contribution < 1.29 is 14.3 Å². The number of carbonyl (C=O) groups excluding carboxylic acids is 1. The Bertz CT molecular complexity index is 1120. The van der Waals surface area contributed by atoms with E-state index >= 15 is 0 Å². The lowest BCUT2D eigenvalue weighted by molar-refractivity contribution is 0.175. The predicted octanol–water partition coefficient (Wildman–Crippen LogP) is 5.17. The highest BCUT2D eigenvalue weighted by Crippen LogP contribution is 2.45. The van der Waals surface area contributed by atoms with Gasteiger partial charge in [-0.25, -0.2) is 4.79 Å². The van der Waals surface area contributed by atoms with Crippen LogP contribution in [0.4, 0.5) is 10.5 Å². The number of para-hydroxylation sites is 1. The molecule has 1 N–H and O–H groups in total. The van der Waals surface area contributed by atoms with E-state index in [0.29, 0.717) is 6.04 Å². The van der Waals surface area contributed by atoms with Crippen molar-refractivity contribution >= 4 is 11.8 Å². The zero-order valence-corrected chi connectivity index (χ0v) is 19.2. The number of anilines is 1. The van der Waals surface area contributed by atoms with Gasteiger partial charge in [0.2, 0.25) is 0 Å². The molecule has 172 valence electrons. The van der Waals surface area contributed by atoms with Crippen LogP contribution in [0.2, 0.25) is 0 Å². The number of carbonyl (C=O) groups is 1. The van der Waals surface area contributed by atoms with Gasteiger partial charge in [0.1, 0.15) is 11.5 Å². The van der Waals surface area contributed by atoms with Gasteiger partial charge >= 0.3 is 6.09 Å². The van der Waals surface area contributed by atoms with Crippen LogP contribution < -0.4 is 15.0 Å². The van der Waals surface area contributed by atoms with Gasteiger partial charge in [-0.1, -0.05) is 18.2 Å². The van der Waals surface area contributed by atoms with E-state index in [0.717, 1.165) is 72.6 Å². The van der Waals surface area contributed by atoms with Crippen LogP contribution in [0.1, 0.15) is 37.8 Å². The second-order valence-corrected chi connectivity index (χ2v) is 8.77. The Labute approximate surface area is 194 Å². The molecule has 0 unspecified atom stereocenters. The monoisotopic (exact) mass is 446 g/mol. The Kier molecular flexibility index (Phi) is 6.05. The fourth-order valence-electron chi connectivity index (χ4n) is 4.88. The van der Waals surface area contributed by atoms with Gasteiger partial charge in [-0.05, 0) is 70.0 Å². The number of hydrogen-bond donors (Lipinski definition) is 1. The number of rotatable bonds is 4. The van der Waals surface area contributed by atoms with Crippen molar-refractivity contribution in [2.24, 2.45) is 0 Å². The van der Waals surface area contributed by atoms with Crippen LogP contribution >= 0.6 is 0 Å². The molecule has 1 saturated heterocycles. The highest BCUT2D eigenvalue weighted by molar-refractivity contribution is 5.92. The molecule has 3 heterocycles. The maximum absolute atomic E-state index is 12.6. The van der Waals surface area contributed by atoms with Crippen LogP contribution in [0, 0.1) is 0 Å². The predicted molar refractivity (Wildman–Crippen MR) is 128 cm³/mol. The first kappa shape index (κ1) is 21.5. The summed E-state index contributed by atoms with van der Waals surface area (Å²) in [6, 6.07) is 14.3. The molecule has 1 aromatic heterocycles. The minimum Gasteiger partial charge on any atom is -0.456 e. The normalized spacial score (nSPS) is 18.6. The highest BCUT2D eigenvalue weighted by atomic mass is 16.5. The van der Waals surface area contributed by atoms with E-state index in [4.69, 9.17) is 14.6 Å². The molecule has 0 spiro atoms. The van der Waals surface area contributed by atoms with Gasteiger partial charge in [-0.3, -0.25) is 9.58 Å². The highest BCUT2D eigenvalue weighted by Gasteiger charge is 2.32. The molecular formula is C26H30N4O3.